The van der Waals surface area contributed by atoms with E-state index >= 15 is 0 Å². The average Bonchev–Trinajstić information content (AvgIpc) is 2.58. The van der Waals surface area contributed by atoms with Crippen molar-refractivity contribution < 1.29 is 4.74 Å². The fraction of sp³-hybridized carbons (Fsp3) is 0.400. The Kier molecular flexibility index (Phi) is 4.50. The van der Waals surface area contributed by atoms with Gasteiger partial charge in [0.2, 0.25) is 0 Å². The van der Waals surface area contributed by atoms with E-state index < -0.39 is 0 Å². The number of nitrogens with two attached hydrogens (primary N) is 1. The molecule has 0 aliphatic rings. The van der Waals surface area contributed by atoms with Gasteiger partial charge < -0.3 is 10.5 Å². The van der Waals surface area contributed by atoms with Gasteiger partial charge in [-0.1, -0.05) is 6.07 Å². The van der Waals surface area contributed by atoms with E-state index in [9.17, 15) is 0 Å². The molecule has 0 radical (unpaired) electrons. The maximum absolute atomic E-state index is 5.99. The van der Waals surface area contributed by atoms with Crippen molar-refractivity contribution in [3.05, 3.63) is 39.6 Å². The Labute approximate surface area is 128 Å². The summed E-state index contributed by atoms with van der Waals surface area (Å²) in [6.07, 6.45) is 0.851. The average molecular weight is 338 g/mol. The van der Waals surface area contributed by atoms with Crippen molar-refractivity contribution in [3.63, 3.8) is 0 Å². The summed E-state index contributed by atoms with van der Waals surface area (Å²) in [5.74, 6) is 1.60. The number of ether oxygens (including phenoxy) is 1. The summed E-state index contributed by atoms with van der Waals surface area (Å²) in [5, 5.41) is 4.35. The Morgan fingerprint density at radius 1 is 1.40 bits per heavy atom. The van der Waals surface area contributed by atoms with Gasteiger partial charge in [0.15, 0.2) is 5.75 Å². The van der Waals surface area contributed by atoms with E-state index in [1.54, 1.807) is 0 Å². The molecule has 0 amide bonds. The Morgan fingerprint density at radius 2 is 2.10 bits per heavy atom. The van der Waals surface area contributed by atoms with E-state index in [0.29, 0.717) is 0 Å². The van der Waals surface area contributed by atoms with Crippen molar-refractivity contribution in [1.82, 2.24) is 9.78 Å². The normalized spacial score (nSPS) is 12.5. The fourth-order valence-electron chi connectivity index (χ4n) is 2.14. The highest BCUT2D eigenvalue weighted by Gasteiger charge is 2.13. The van der Waals surface area contributed by atoms with Crippen LogP contribution in [0.2, 0.25) is 0 Å². The maximum Gasteiger partial charge on any atom is 0.171 e. The van der Waals surface area contributed by atoms with Crippen LogP contribution in [0.1, 0.15) is 23.9 Å². The Morgan fingerprint density at radius 3 is 2.60 bits per heavy atom. The lowest BCUT2D eigenvalue weighted by Gasteiger charge is -2.11. The van der Waals surface area contributed by atoms with Crippen LogP contribution in [0.25, 0.3) is 0 Å². The lowest BCUT2D eigenvalue weighted by molar-refractivity contribution is 0.471. The Hall–Kier alpha value is -1.33. The zero-order chi connectivity index (χ0) is 14.9. The summed E-state index contributed by atoms with van der Waals surface area (Å²) in [5.41, 5.74) is 8.91. The minimum atomic E-state index is 0.150. The molecule has 0 saturated carbocycles. The number of hydrogen-bond donors (Lipinski definition) is 1. The van der Waals surface area contributed by atoms with Gasteiger partial charge in [-0.2, -0.15) is 5.10 Å². The molecule has 108 valence electrons. The number of aromatic nitrogens is 2. The van der Waals surface area contributed by atoms with Crippen LogP contribution in [0.3, 0.4) is 0 Å². The molecule has 1 aromatic carbocycles. The molecule has 0 aliphatic heterocycles. The molecule has 0 bridgehead atoms. The quantitative estimate of drug-likeness (QED) is 0.929. The van der Waals surface area contributed by atoms with Gasteiger partial charge in [-0.05, 0) is 60.8 Å². The third-order valence-electron chi connectivity index (χ3n) is 3.21. The van der Waals surface area contributed by atoms with Crippen molar-refractivity contribution >= 4 is 15.9 Å². The first-order chi connectivity index (χ1) is 9.38. The predicted octanol–water partition coefficient (Wildman–Crippen LogP) is 3.48. The van der Waals surface area contributed by atoms with E-state index in [0.717, 1.165) is 33.8 Å². The molecule has 1 aromatic heterocycles. The lowest BCUT2D eigenvalue weighted by Crippen LogP contribution is -2.17. The number of nitrogens with zero attached hydrogens (tertiary/aromatic N) is 2. The monoisotopic (exact) mass is 337 g/mol. The number of halogens is 1. The van der Waals surface area contributed by atoms with Gasteiger partial charge >= 0.3 is 0 Å². The van der Waals surface area contributed by atoms with Crippen LogP contribution in [0.5, 0.6) is 11.5 Å². The molecule has 0 aliphatic carbocycles. The van der Waals surface area contributed by atoms with Crippen molar-refractivity contribution in [2.75, 3.05) is 0 Å². The fourth-order valence-corrected chi connectivity index (χ4v) is 2.64. The molecule has 0 spiro atoms. The van der Waals surface area contributed by atoms with Crippen LogP contribution in [-0.2, 0) is 13.5 Å². The van der Waals surface area contributed by atoms with Gasteiger partial charge in [-0.25, -0.2) is 0 Å². The first kappa shape index (κ1) is 15.1. The Bertz CT molecular complexity index is 620. The molecule has 2 aromatic rings. The third kappa shape index (κ3) is 3.22. The molecule has 4 nitrogen and oxygen atoms in total. The van der Waals surface area contributed by atoms with Crippen LogP contribution in [0, 0.1) is 13.8 Å². The molecule has 1 atom stereocenters. The highest BCUT2D eigenvalue weighted by molar-refractivity contribution is 9.10. The largest absolute Gasteiger partial charge is 0.452 e. The number of hydrogen-bond acceptors (Lipinski definition) is 3. The number of rotatable bonds is 4. The topological polar surface area (TPSA) is 53.1 Å². The summed E-state index contributed by atoms with van der Waals surface area (Å²) in [6, 6.07) is 6.22. The van der Waals surface area contributed by atoms with Gasteiger partial charge in [-0.15, -0.1) is 0 Å². The second-order valence-corrected chi connectivity index (χ2v) is 6.03. The predicted molar refractivity (Wildman–Crippen MR) is 84.3 cm³/mol. The standard InChI is InChI=1S/C15H20BrN3O/c1-9(17)7-12-5-6-14(13(16)8-12)20-15-10(2)18-19(4)11(15)3/h5-6,8-9H,7,17H2,1-4H3. The highest BCUT2D eigenvalue weighted by Crippen LogP contribution is 2.33. The molecule has 0 fully saturated rings. The molecule has 1 unspecified atom stereocenters. The van der Waals surface area contributed by atoms with Crippen molar-refractivity contribution in [2.24, 2.45) is 12.8 Å². The second-order valence-electron chi connectivity index (χ2n) is 5.17. The zero-order valence-corrected chi connectivity index (χ0v) is 13.9. The molecule has 20 heavy (non-hydrogen) atoms. The van der Waals surface area contributed by atoms with E-state index in [4.69, 9.17) is 10.5 Å². The SMILES string of the molecule is Cc1nn(C)c(C)c1Oc1ccc(CC(C)N)cc1Br. The minimum Gasteiger partial charge on any atom is -0.452 e. The molecule has 2 N–H and O–H groups in total. The smallest absolute Gasteiger partial charge is 0.171 e. The van der Waals surface area contributed by atoms with Gasteiger partial charge in [0.05, 0.1) is 10.2 Å². The molecular formula is C15H20BrN3O. The molecule has 5 heteroatoms. The second kappa shape index (κ2) is 5.97. The van der Waals surface area contributed by atoms with Crippen LogP contribution in [-0.4, -0.2) is 15.8 Å². The lowest BCUT2D eigenvalue weighted by atomic mass is 10.1. The van der Waals surface area contributed by atoms with Crippen LogP contribution in [0.15, 0.2) is 22.7 Å². The molecule has 0 saturated heterocycles. The van der Waals surface area contributed by atoms with Gasteiger partial charge in [0, 0.05) is 13.1 Å². The van der Waals surface area contributed by atoms with E-state index in [2.05, 4.69) is 27.1 Å². The maximum atomic E-state index is 5.99. The van der Waals surface area contributed by atoms with Gasteiger partial charge in [0.25, 0.3) is 0 Å². The molecular weight excluding hydrogens is 318 g/mol. The number of aryl methyl sites for hydroxylation is 2. The van der Waals surface area contributed by atoms with E-state index in [1.165, 1.54) is 5.56 Å². The first-order valence-corrected chi connectivity index (χ1v) is 7.40. The minimum absolute atomic E-state index is 0.150. The summed E-state index contributed by atoms with van der Waals surface area (Å²) in [4.78, 5) is 0. The molecule has 2 rings (SSSR count). The zero-order valence-electron chi connectivity index (χ0n) is 12.3. The summed E-state index contributed by atoms with van der Waals surface area (Å²) < 4.78 is 8.74. The molecule has 1 heterocycles. The summed E-state index contributed by atoms with van der Waals surface area (Å²) in [6.45, 7) is 5.94. The van der Waals surface area contributed by atoms with Crippen LogP contribution >= 0.6 is 15.9 Å². The number of benzene rings is 1. The van der Waals surface area contributed by atoms with Crippen molar-refractivity contribution in [3.8, 4) is 11.5 Å². The summed E-state index contributed by atoms with van der Waals surface area (Å²) >= 11 is 3.56. The third-order valence-corrected chi connectivity index (χ3v) is 3.83. The van der Waals surface area contributed by atoms with Gasteiger partial charge in [0.1, 0.15) is 11.4 Å². The Balaban J connectivity index is 2.26. The van der Waals surface area contributed by atoms with Crippen LogP contribution in [0.4, 0.5) is 0 Å². The van der Waals surface area contributed by atoms with E-state index in [-0.39, 0.29) is 6.04 Å². The van der Waals surface area contributed by atoms with Crippen molar-refractivity contribution in [1.29, 1.82) is 0 Å². The summed E-state index contributed by atoms with van der Waals surface area (Å²) in [7, 11) is 1.91. The van der Waals surface area contributed by atoms with Crippen LogP contribution < -0.4 is 10.5 Å². The highest BCUT2D eigenvalue weighted by atomic mass is 79.9. The van der Waals surface area contributed by atoms with E-state index in [1.807, 2.05) is 44.6 Å². The van der Waals surface area contributed by atoms with Gasteiger partial charge in [-0.3, -0.25) is 4.68 Å². The van der Waals surface area contributed by atoms with Crippen molar-refractivity contribution in [2.45, 2.75) is 33.2 Å². The first-order valence-electron chi connectivity index (χ1n) is 6.60.